The van der Waals surface area contributed by atoms with E-state index in [1.165, 1.54) is 10.7 Å². The van der Waals surface area contributed by atoms with Crippen LogP contribution in [0.3, 0.4) is 0 Å². The first kappa shape index (κ1) is 26.4. The molecule has 3 aliphatic rings. The first-order valence-corrected chi connectivity index (χ1v) is 13.3. The van der Waals surface area contributed by atoms with Crippen LogP contribution in [0.1, 0.15) is 90.9 Å². The minimum atomic E-state index is -3.07. The minimum absolute atomic E-state index is 0.0725. The quantitative estimate of drug-likeness (QED) is 0.415. The fourth-order valence-corrected chi connectivity index (χ4v) is 5.48. The number of imidazole rings is 1. The number of nitrogens with one attached hydrogen (secondary N) is 2. The van der Waals surface area contributed by atoms with Crippen LogP contribution in [0.25, 0.3) is 5.65 Å². The number of hydrogen-bond acceptors (Lipinski definition) is 7. The molecule has 40 heavy (non-hydrogen) atoms. The SMILES string of the molecule is C[C@H](c1cnn2cc([C@@H](NC(=O)c3nonc3C3CC3)C3CCC(F)(F)CC3)nc2c1)N1CC(F)(F)CNC1=O. The van der Waals surface area contributed by atoms with Gasteiger partial charge in [0.15, 0.2) is 11.3 Å². The lowest BCUT2D eigenvalue weighted by atomic mass is 9.81. The second kappa shape index (κ2) is 9.70. The Balaban J connectivity index is 1.28. The highest BCUT2D eigenvalue weighted by Crippen LogP contribution is 2.43. The van der Waals surface area contributed by atoms with Crippen LogP contribution in [0.2, 0.25) is 0 Å². The van der Waals surface area contributed by atoms with Crippen LogP contribution in [0.4, 0.5) is 22.4 Å². The van der Waals surface area contributed by atoms with Crippen LogP contribution in [-0.2, 0) is 0 Å². The summed E-state index contributed by atoms with van der Waals surface area (Å²) in [5.41, 5.74) is 1.80. The van der Waals surface area contributed by atoms with Crippen molar-refractivity contribution in [2.24, 2.45) is 5.92 Å². The maximum atomic E-state index is 14.0. The number of carbonyl (C=O) groups is 2. The second-order valence-electron chi connectivity index (χ2n) is 11.0. The van der Waals surface area contributed by atoms with Crippen molar-refractivity contribution in [3.05, 3.63) is 41.1 Å². The summed E-state index contributed by atoms with van der Waals surface area (Å²) >= 11 is 0. The molecule has 3 aromatic heterocycles. The number of fused-ring (bicyclic) bond motifs is 1. The van der Waals surface area contributed by atoms with Crippen molar-refractivity contribution < 1.29 is 31.8 Å². The molecule has 3 amide bonds. The lowest BCUT2D eigenvalue weighted by molar-refractivity contribution is -0.0495. The van der Waals surface area contributed by atoms with Crippen molar-refractivity contribution in [3.8, 4) is 0 Å². The molecule has 0 aromatic carbocycles. The topological polar surface area (TPSA) is 131 Å². The molecule has 1 saturated heterocycles. The van der Waals surface area contributed by atoms with Gasteiger partial charge >= 0.3 is 6.03 Å². The fraction of sp³-hybridized carbons (Fsp3) is 0.600. The zero-order chi connectivity index (χ0) is 28.2. The molecule has 11 nitrogen and oxygen atoms in total. The van der Waals surface area contributed by atoms with Gasteiger partial charge in [0.1, 0.15) is 5.69 Å². The molecule has 3 aromatic rings. The normalized spacial score (nSPS) is 22.6. The lowest BCUT2D eigenvalue weighted by Gasteiger charge is -2.36. The Morgan fingerprint density at radius 1 is 1.15 bits per heavy atom. The zero-order valence-corrected chi connectivity index (χ0v) is 21.6. The molecule has 2 saturated carbocycles. The van der Waals surface area contributed by atoms with Crippen LogP contribution in [-0.4, -0.2) is 66.7 Å². The zero-order valence-electron chi connectivity index (χ0n) is 21.6. The first-order chi connectivity index (χ1) is 19.0. The van der Waals surface area contributed by atoms with E-state index in [-0.39, 0.29) is 43.2 Å². The van der Waals surface area contributed by atoms with Gasteiger partial charge in [-0.2, -0.15) is 5.10 Å². The van der Waals surface area contributed by atoms with E-state index in [2.05, 4.69) is 31.0 Å². The third kappa shape index (κ3) is 5.20. The Labute approximate surface area is 225 Å². The smallest absolute Gasteiger partial charge is 0.318 e. The summed E-state index contributed by atoms with van der Waals surface area (Å²) in [6.07, 6.45) is 4.56. The molecular weight excluding hydrogens is 536 g/mol. The van der Waals surface area contributed by atoms with Crippen molar-refractivity contribution in [1.29, 1.82) is 0 Å². The van der Waals surface area contributed by atoms with Gasteiger partial charge in [0.05, 0.1) is 43.3 Å². The van der Waals surface area contributed by atoms with E-state index >= 15 is 0 Å². The van der Waals surface area contributed by atoms with Crippen molar-refractivity contribution in [1.82, 2.24) is 40.4 Å². The highest BCUT2D eigenvalue weighted by Gasteiger charge is 2.42. The third-order valence-electron chi connectivity index (χ3n) is 8.00. The first-order valence-electron chi connectivity index (χ1n) is 13.3. The number of hydrogen-bond donors (Lipinski definition) is 2. The van der Waals surface area contributed by atoms with E-state index < -0.39 is 49.0 Å². The van der Waals surface area contributed by atoms with E-state index in [4.69, 9.17) is 4.63 Å². The molecule has 3 fully saturated rings. The van der Waals surface area contributed by atoms with Crippen LogP contribution in [0, 0.1) is 5.92 Å². The molecule has 0 bridgehead atoms. The summed E-state index contributed by atoms with van der Waals surface area (Å²) in [6, 6.07) is -0.420. The molecule has 1 aliphatic heterocycles. The average Bonchev–Trinajstić information content (AvgIpc) is 3.48. The lowest BCUT2D eigenvalue weighted by Crippen LogP contribution is -2.57. The van der Waals surface area contributed by atoms with Gasteiger partial charge in [-0.3, -0.25) is 4.79 Å². The van der Waals surface area contributed by atoms with E-state index in [1.54, 1.807) is 19.2 Å². The molecule has 2 aliphatic carbocycles. The number of nitrogens with zero attached hydrogens (tertiary/aromatic N) is 6. The number of aromatic nitrogens is 5. The number of urea groups is 1. The van der Waals surface area contributed by atoms with Crippen LogP contribution in [0.15, 0.2) is 23.1 Å². The summed E-state index contributed by atoms with van der Waals surface area (Å²) in [4.78, 5) is 31.2. The van der Waals surface area contributed by atoms with Gasteiger partial charge in [-0.25, -0.2) is 36.5 Å². The predicted molar refractivity (Wildman–Crippen MR) is 130 cm³/mol. The molecule has 4 heterocycles. The molecule has 2 N–H and O–H groups in total. The molecule has 0 radical (unpaired) electrons. The third-order valence-corrected chi connectivity index (χ3v) is 8.00. The summed E-state index contributed by atoms with van der Waals surface area (Å²) in [6.45, 7) is 0.167. The molecule has 214 valence electrons. The Bertz CT molecular complexity index is 1430. The number of halogens is 4. The maximum Gasteiger partial charge on any atom is 0.318 e. The number of rotatable bonds is 7. The second-order valence-corrected chi connectivity index (χ2v) is 11.0. The summed E-state index contributed by atoms with van der Waals surface area (Å²) in [7, 11) is 0. The Morgan fingerprint density at radius 2 is 1.90 bits per heavy atom. The van der Waals surface area contributed by atoms with E-state index in [0.29, 0.717) is 22.6 Å². The van der Waals surface area contributed by atoms with Crippen LogP contribution in [0.5, 0.6) is 0 Å². The van der Waals surface area contributed by atoms with E-state index in [0.717, 1.165) is 17.7 Å². The van der Waals surface area contributed by atoms with Crippen LogP contribution >= 0.6 is 0 Å². The highest BCUT2D eigenvalue weighted by molar-refractivity contribution is 5.93. The fourth-order valence-electron chi connectivity index (χ4n) is 5.48. The van der Waals surface area contributed by atoms with Crippen molar-refractivity contribution in [2.75, 3.05) is 13.1 Å². The monoisotopic (exact) mass is 564 g/mol. The van der Waals surface area contributed by atoms with Gasteiger partial charge in [-0.1, -0.05) is 5.16 Å². The largest absolute Gasteiger partial charge is 0.342 e. The van der Waals surface area contributed by atoms with Crippen molar-refractivity contribution >= 4 is 17.6 Å². The van der Waals surface area contributed by atoms with Crippen molar-refractivity contribution in [2.45, 2.75) is 75.3 Å². The molecule has 15 heteroatoms. The van der Waals surface area contributed by atoms with Gasteiger partial charge in [-0.05, 0) is 55.3 Å². The standard InChI is InChI=1S/C25H28F4N8O3/c1-13(36-12-25(28,29)11-30-23(36)39)16-8-18-32-17(10-37(18)31-9-16)19(15-4-6-24(26,27)7-5-15)33-22(38)21-20(14-2-3-14)34-40-35-21/h8-10,13-15,19H,2-7,11-12H2,1H3,(H,30,39)(H,33,38)/t13-,19+/m1/s1. The number of alkyl halides is 4. The maximum absolute atomic E-state index is 14.0. The highest BCUT2D eigenvalue weighted by atomic mass is 19.3. The Morgan fingerprint density at radius 3 is 2.62 bits per heavy atom. The van der Waals surface area contributed by atoms with Gasteiger partial charge in [0, 0.05) is 18.8 Å². The van der Waals surface area contributed by atoms with Gasteiger partial charge in [-0.15, -0.1) is 0 Å². The molecular formula is C25H28F4N8O3. The number of carbonyl (C=O) groups excluding carboxylic acids is 2. The van der Waals surface area contributed by atoms with Gasteiger partial charge < -0.3 is 15.5 Å². The molecule has 2 atom stereocenters. The summed E-state index contributed by atoms with van der Waals surface area (Å²) in [5.74, 6) is -6.57. The van der Waals surface area contributed by atoms with Gasteiger partial charge in [0.25, 0.3) is 11.8 Å². The Hall–Kier alpha value is -3.78. The van der Waals surface area contributed by atoms with Crippen molar-refractivity contribution in [3.63, 3.8) is 0 Å². The van der Waals surface area contributed by atoms with E-state index in [9.17, 15) is 27.2 Å². The molecule has 0 unspecified atom stereocenters. The summed E-state index contributed by atoms with van der Waals surface area (Å²) < 4.78 is 62.1. The summed E-state index contributed by atoms with van der Waals surface area (Å²) in [5, 5.41) is 17.1. The molecule has 0 spiro atoms. The van der Waals surface area contributed by atoms with E-state index in [1.807, 2.05) is 0 Å². The predicted octanol–water partition coefficient (Wildman–Crippen LogP) is 4.01. The average molecular weight is 565 g/mol. The minimum Gasteiger partial charge on any atom is -0.342 e. The van der Waals surface area contributed by atoms with Crippen LogP contribution < -0.4 is 10.6 Å². The number of amides is 3. The Kier molecular flexibility index (Phi) is 6.41. The molecule has 6 rings (SSSR count). The van der Waals surface area contributed by atoms with Gasteiger partial charge in [0.2, 0.25) is 5.92 Å².